The Balaban J connectivity index is 1.40. The van der Waals surface area contributed by atoms with Crippen molar-refractivity contribution in [2.24, 2.45) is 11.8 Å². The summed E-state index contributed by atoms with van der Waals surface area (Å²) in [4.78, 5) is 29.5. The van der Waals surface area contributed by atoms with Gasteiger partial charge in [-0.1, -0.05) is 54.6 Å². The van der Waals surface area contributed by atoms with Gasteiger partial charge in [0.25, 0.3) is 11.8 Å². The van der Waals surface area contributed by atoms with Crippen LogP contribution in [0, 0.1) is 5.92 Å². The fourth-order valence-corrected chi connectivity index (χ4v) is 6.72. The molecule has 43 heavy (non-hydrogen) atoms. The van der Waals surface area contributed by atoms with E-state index < -0.39 is 5.54 Å². The highest BCUT2D eigenvalue weighted by molar-refractivity contribution is 6.09. The van der Waals surface area contributed by atoms with E-state index in [0.29, 0.717) is 37.9 Å². The van der Waals surface area contributed by atoms with Crippen LogP contribution in [0.5, 0.6) is 0 Å². The molecule has 6 rings (SSSR count). The summed E-state index contributed by atoms with van der Waals surface area (Å²) in [6.45, 7) is 5.78. The van der Waals surface area contributed by atoms with Gasteiger partial charge in [0.1, 0.15) is 11.2 Å². The minimum Gasteiger partial charge on any atom is -0.376 e. The highest BCUT2D eigenvalue weighted by Gasteiger charge is 2.63. The third-order valence-corrected chi connectivity index (χ3v) is 9.09. The van der Waals surface area contributed by atoms with E-state index >= 15 is 0 Å². The van der Waals surface area contributed by atoms with Crippen molar-refractivity contribution in [2.45, 2.75) is 56.8 Å². The molecule has 0 unspecified atom stereocenters. The van der Waals surface area contributed by atoms with Crippen molar-refractivity contribution in [2.75, 3.05) is 25.2 Å². The van der Waals surface area contributed by atoms with Crippen molar-refractivity contribution >= 4 is 28.4 Å². The molecule has 1 aliphatic heterocycles. The lowest BCUT2D eigenvalue weighted by Gasteiger charge is -2.35. The molecule has 224 valence electrons. The Labute approximate surface area is 252 Å². The SMILES string of the molecule is CN(C(=O)c1cc2cc([C@H]3CCOC(C)(C)C3)ccc2n1[C@@]1(C(=O)NN)C[C@@H]1COCc1ccccc1)c1ccccc1. The van der Waals surface area contributed by atoms with Gasteiger partial charge in [-0.2, -0.15) is 0 Å². The number of benzene rings is 3. The summed E-state index contributed by atoms with van der Waals surface area (Å²) in [5, 5.41) is 0.923. The molecule has 1 aromatic heterocycles. The lowest BCUT2D eigenvalue weighted by atomic mass is 9.83. The summed E-state index contributed by atoms with van der Waals surface area (Å²) in [6.07, 6.45) is 2.38. The van der Waals surface area contributed by atoms with E-state index in [1.165, 1.54) is 5.56 Å². The van der Waals surface area contributed by atoms with Gasteiger partial charge in [-0.05, 0) is 80.5 Å². The number of amides is 2. The molecular weight excluding hydrogens is 540 g/mol. The van der Waals surface area contributed by atoms with E-state index in [4.69, 9.17) is 15.3 Å². The molecule has 0 bridgehead atoms. The molecule has 8 nitrogen and oxygen atoms in total. The Morgan fingerprint density at radius 1 is 1.02 bits per heavy atom. The number of para-hydroxylation sites is 1. The van der Waals surface area contributed by atoms with Crippen molar-refractivity contribution in [3.8, 4) is 0 Å². The number of aromatic nitrogens is 1. The molecule has 2 aliphatic rings. The third kappa shape index (κ3) is 5.58. The molecule has 2 fully saturated rings. The number of nitrogens with zero attached hydrogens (tertiary/aromatic N) is 2. The number of carbonyl (C=O) groups excluding carboxylic acids is 2. The zero-order chi connectivity index (χ0) is 30.2. The second-order valence-corrected chi connectivity index (χ2v) is 12.5. The normalized spacial score (nSPS) is 22.7. The van der Waals surface area contributed by atoms with E-state index in [1.54, 1.807) is 11.9 Å². The molecule has 1 saturated heterocycles. The van der Waals surface area contributed by atoms with Crippen LogP contribution < -0.4 is 16.2 Å². The number of hydrogen-bond donors (Lipinski definition) is 2. The largest absolute Gasteiger partial charge is 0.376 e. The molecule has 0 radical (unpaired) electrons. The molecule has 8 heteroatoms. The number of carbonyl (C=O) groups is 2. The third-order valence-electron chi connectivity index (χ3n) is 9.09. The molecule has 0 spiro atoms. The Morgan fingerprint density at radius 3 is 2.44 bits per heavy atom. The highest BCUT2D eigenvalue weighted by Crippen LogP contribution is 2.53. The minimum absolute atomic E-state index is 0.153. The number of anilines is 1. The summed E-state index contributed by atoms with van der Waals surface area (Å²) >= 11 is 0. The quantitative estimate of drug-likeness (QED) is 0.155. The van der Waals surface area contributed by atoms with Gasteiger partial charge in [0.15, 0.2) is 0 Å². The first-order valence-electron chi connectivity index (χ1n) is 15.0. The number of hydrazine groups is 1. The number of hydrogen-bond acceptors (Lipinski definition) is 5. The van der Waals surface area contributed by atoms with E-state index in [1.807, 2.05) is 71.3 Å². The predicted molar refractivity (Wildman–Crippen MR) is 168 cm³/mol. The molecule has 3 atom stereocenters. The lowest BCUT2D eigenvalue weighted by molar-refractivity contribution is -0.126. The Bertz CT molecular complexity index is 1620. The van der Waals surface area contributed by atoms with Crippen LogP contribution in [-0.4, -0.2) is 42.2 Å². The van der Waals surface area contributed by atoms with Gasteiger partial charge < -0.3 is 18.9 Å². The van der Waals surface area contributed by atoms with Crippen LogP contribution in [-0.2, 0) is 26.4 Å². The van der Waals surface area contributed by atoms with E-state index in [2.05, 4.69) is 37.5 Å². The van der Waals surface area contributed by atoms with Crippen LogP contribution in [0.4, 0.5) is 5.69 Å². The van der Waals surface area contributed by atoms with E-state index in [0.717, 1.165) is 35.0 Å². The van der Waals surface area contributed by atoms with Gasteiger partial charge in [0.2, 0.25) is 0 Å². The summed E-state index contributed by atoms with van der Waals surface area (Å²) in [5.74, 6) is 5.46. The maximum Gasteiger partial charge on any atom is 0.274 e. The smallest absolute Gasteiger partial charge is 0.274 e. The molecule has 1 aliphatic carbocycles. The molecule has 4 aromatic rings. The lowest BCUT2D eigenvalue weighted by Crippen LogP contribution is -2.45. The van der Waals surface area contributed by atoms with E-state index in [9.17, 15) is 9.59 Å². The van der Waals surface area contributed by atoms with Gasteiger partial charge in [0, 0.05) is 36.2 Å². The molecule has 3 aromatic carbocycles. The zero-order valence-corrected chi connectivity index (χ0v) is 25.1. The van der Waals surface area contributed by atoms with Crippen LogP contribution in [0.3, 0.4) is 0 Å². The first-order valence-corrected chi connectivity index (χ1v) is 15.0. The van der Waals surface area contributed by atoms with E-state index in [-0.39, 0.29) is 23.3 Å². The summed E-state index contributed by atoms with van der Waals surface area (Å²) in [5.41, 5.74) is 5.49. The van der Waals surface area contributed by atoms with Crippen LogP contribution in [0.15, 0.2) is 84.9 Å². The van der Waals surface area contributed by atoms with Crippen molar-refractivity contribution in [3.05, 3.63) is 102 Å². The first kappa shape index (κ1) is 29.1. The minimum atomic E-state index is -1.04. The van der Waals surface area contributed by atoms with Crippen LogP contribution in [0.25, 0.3) is 10.9 Å². The fourth-order valence-electron chi connectivity index (χ4n) is 6.72. The van der Waals surface area contributed by atoms with Crippen molar-refractivity contribution < 1.29 is 19.1 Å². The maximum absolute atomic E-state index is 14.2. The molecule has 2 amide bonds. The number of fused-ring (bicyclic) bond motifs is 1. The molecular formula is C35H40N4O4. The second kappa shape index (κ2) is 11.6. The fraction of sp³-hybridized carbons (Fsp3) is 0.371. The monoisotopic (exact) mass is 580 g/mol. The molecule has 3 N–H and O–H groups in total. The van der Waals surface area contributed by atoms with Crippen LogP contribution in [0.1, 0.15) is 60.6 Å². The highest BCUT2D eigenvalue weighted by atomic mass is 16.5. The van der Waals surface area contributed by atoms with Crippen LogP contribution >= 0.6 is 0 Å². The first-order chi connectivity index (χ1) is 20.7. The number of nitrogens with two attached hydrogens (primary N) is 1. The number of ether oxygens (including phenoxy) is 2. The van der Waals surface area contributed by atoms with Crippen molar-refractivity contribution in [3.63, 3.8) is 0 Å². The Morgan fingerprint density at radius 2 is 1.74 bits per heavy atom. The van der Waals surface area contributed by atoms with Gasteiger partial charge >= 0.3 is 0 Å². The summed E-state index contributed by atoms with van der Waals surface area (Å²) < 4.78 is 14.0. The van der Waals surface area contributed by atoms with Gasteiger partial charge in [-0.3, -0.25) is 15.0 Å². The predicted octanol–water partition coefficient (Wildman–Crippen LogP) is 5.51. The molecule has 1 saturated carbocycles. The van der Waals surface area contributed by atoms with Crippen LogP contribution in [0.2, 0.25) is 0 Å². The maximum atomic E-state index is 14.2. The Kier molecular flexibility index (Phi) is 7.85. The summed E-state index contributed by atoms with van der Waals surface area (Å²) in [7, 11) is 1.76. The van der Waals surface area contributed by atoms with Gasteiger partial charge in [0.05, 0.1) is 18.8 Å². The van der Waals surface area contributed by atoms with Gasteiger partial charge in [-0.25, -0.2) is 5.84 Å². The topological polar surface area (TPSA) is 98.8 Å². The number of nitrogens with one attached hydrogen (secondary N) is 1. The average Bonchev–Trinajstić information content (AvgIpc) is 3.61. The van der Waals surface area contributed by atoms with Crippen molar-refractivity contribution in [1.82, 2.24) is 9.99 Å². The summed E-state index contributed by atoms with van der Waals surface area (Å²) in [6, 6.07) is 27.8. The standard InChI is InChI=1S/C35H40N4O4/c1-34(2)20-26(16-17-43-34)25-14-15-30-27(18-25)19-31(32(40)38(3)29-12-8-5-9-13-29)39(30)35(33(41)37-36)21-28(35)23-42-22-24-10-6-4-7-11-24/h4-15,18-19,26,28H,16-17,20-23,36H2,1-3H3,(H,37,41)/t26-,28+,35-/m0/s1. The number of rotatable bonds is 9. The second-order valence-electron chi connectivity index (χ2n) is 12.5. The molecule has 2 heterocycles. The average molecular weight is 581 g/mol. The van der Waals surface area contributed by atoms with Gasteiger partial charge in [-0.15, -0.1) is 0 Å². The Hall–Kier alpha value is -3.98. The zero-order valence-electron chi connectivity index (χ0n) is 25.1. The van der Waals surface area contributed by atoms with Crippen molar-refractivity contribution in [1.29, 1.82) is 0 Å².